The Balaban J connectivity index is 1.66. The second-order valence-corrected chi connectivity index (χ2v) is 7.18. The van der Waals surface area contributed by atoms with Gasteiger partial charge in [-0.1, -0.05) is 13.3 Å². The lowest BCUT2D eigenvalue weighted by atomic mass is 9.87. The minimum absolute atomic E-state index is 0.148. The fraction of sp³-hybridized carbons (Fsp3) is 0.833. The Bertz CT molecular complexity index is 517. The molecule has 3 aliphatic heterocycles. The summed E-state index contributed by atoms with van der Waals surface area (Å²) in [6.45, 7) is 7.91. The summed E-state index contributed by atoms with van der Waals surface area (Å²) in [5, 5.41) is 0. The standard InChI is InChI=1S/C18H30N4O2/c1-3-5-8-15-19-18(16(23)22(15)4-2)9-13-21(14-10-18)17(24)20-11-6-7-12-20/h3-14H2,1-2H3. The van der Waals surface area contributed by atoms with Gasteiger partial charge in [-0.05, 0) is 39.0 Å². The van der Waals surface area contributed by atoms with Gasteiger partial charge in [0.1, 0.15) is 11.4 Å². The summed E-state index contributed by atoms with van der Waals surface area (Å²) >= 11 is 0. The zero-order valence-electron chi connectivity index (χ0n) is 15.1. The Morgan fingerprint density at radius 1 is 1.08 bits per heavy atom. The summed E-state index contributed by atoms with van der Waals surface area (Å²) in [6, 6.07) is 0.148. The molecule has 0 aliphatic carbocycles. The highest BCUT2D eigenvalue weighted by Crippen LogP contribution is 2.35. The first kappa shape index (κ1) is 17.2. The second-order valence-electron chi connectivity index (χ2n) is 7.18. The summed E-state index contributed by atoms with van der Waals surface area (Å²) in [5.74, 6) is 1.12. The predicted octanol–water partition coefficient (Wildman–Crippen LogP) is 2.49. The van der Waals surface area contributed by atoms with Crippen LogP contribution in [-0.2, 0) is 4.79 Å². The van der Waals surface area contributed by atoms with Crippen LogP contribution in [0.15, 0.2) is 4.99 Å². The molecular weight excluding hydrogens is 304 g/mol. The van der Waals surface area contributed by atoms with Crippen molar-refractivity contribution in [3.63, 3.8) is 0 Å². The van der Waals surface area contributed by atoms with Crippen molar-refractivity contribution in [1.29, 1.82) is 0 Å². The number of carbonyl (C=O) groups excluding carboxylic acids is 2. The van der Waals surface area contributed by atoms with Crippen molar-refractivity contribution < 1.29 is 9.59 Å². The monoisotopic (exact) mass is 334 g/mol. The van der Waals surface area contributed by atoms with Gasteiger partial charge in [0.05, 0.1) is 0 Å². The highest BCUT2D eigenvalue weighted by atomic mass is 16.2. The molecule has 134 valence electrons. The zero-order chi connectivity index (χ0) is 17.2. The summed E-state index contributed by atoms with van der Waals surface area (Å²) in [5.41, 5.74) is -0.596. The molecule has 0 bridgehead atoms. The van der Waals surface area contributed by atoms with Gasteiger partial charge in [-0.15, -0.1) is 0 Å². The fourth-order valence-corrected chi connectivity index (χ4v) is 4.08. The fourth-order valence-electron chi connectivity index (χ4n) is 4.08. The van der Waals surface area contributed by atoms with Gasteiger partial charge in [-0.2, -0.15) is 0 Å². The molecule has 24 heavy (non-hydrogen) atoms. The number of carbonyl (C=O) groups is 2. The van der Waals surface area contributed by atoms with Crippen molar-refractivity contribution in [3.8, 4) is 0 Å². The smallest absolute Gasteiger partial charge is 0.320 e. The molecule has 0 N–H and O–H groups in total. The third-order valence-electron chi connectivity index (χ3n) is 5.61. The van der Waals surface area contributed by atoms with E-state index in [2.05, 4.69) is 6.92 Å². The van der Waals surface area contributed by atoms with Gasteiger partial charge in [0, 0.05) is 39.1 Å². The van der Waals surface area contributed by atoms with Crippen LogP contribution in [0.4, 0.5) is 4.79 Å². The summed E-state index contributed by atoms with van der Waals surface area (Å²) in [6.07, 6.45) is 6.61. The van der Waals surface area contributed by atoms with E-state index >= 15 is 0 Å². The van der Waals surface area contributed by atoms with E-state index in [1.165, 1.54) is 0 Å². The van der Waals surface area contributed by atoms with Crippen molar-refractivity contribution in [2.75, 3.05) is 32.7 Å². The molecular formula is C18H30N4O2. The maximum Gasteiger partial charge on any atom is 0.320 e. The molecule has 1 spiro atoms. The van der Waals surface area contributed by atoms with Crippen molar-refractivity contribution in [2.24, 2.45) is 4.99 Å². The van der Waals surface area contributed by atoms with Gasteiger partial charge in [0.25, 0.3) is 5.91 Å². The number of unbranched alkanes of at least 4 members (excludes halogenated alkanes) is 1. The molecule has 0 aromatic heterocycles. The second kappa shape index (κ2) is 7.11. The molecule has 3 aliphatic rings. The first-order chi connectivity index (χ1) is 11.6. The third-order valence-corrected chi connectivity index (χ3v) is 5.61. The number of piperidine rings is 1. The number of hydrogen-bond donors (Lipinski definition) is 0. The molecule has 0 unspecified atom stereocenters. The summed E-state index contributed by atoms with van der Waals surface area (Å²) in [4.78, 5) is 36.1. The first-order valence-corrected chi connectivity index (χ1v) is 9.56. The Labute approximate surface area is 144 Å². The normalized spacial score (nSPS) is 23.3. The Hall–Kier alpha value is -1.59. The zero-order valence-corrected chi connectivity index (χ0v) is 15.1. The maximum atomic E-state index is 12.9. The summed E-state index contributed by atoms with van der Waals surface area (Å²) in [7, 11) is 0. The average Bonchev–Trinajstić information content (AvgIpc) is 3.21. The molecule has 0 aromatic carbocycles. The molecule has 2 fully saturated rings. The van der Waals surface area contributed by atoms with Gasteiger partial charge in [-0.25, -0.2) is 4.79 Å². The van der Waals surface area contributed by atoms with E-state index in [1.807, 2.05) is 21.6 Å². The molecule has 3 rings (SSSR count). The van der Waals surface area contributed by atoms with Gasteiger partial charge in [0.15, 0.2) is 0 Å². The van der Waals surface area contributed by atoms with E-state index in [0.717, 1.165) is 51.0 Å². The number of amidine groups is 1. The molecule has 2 saturated heterocycles. The number of hydrogen-bond acceptors (Lipinski definition) is 3. The van der Waals surface area contributed by atoms with Crippen LogP contribution >= 0.6 is 0 Å². The minimum atomic E-state index is -0.596. The molecule has 3 heterocycles. The van der Waals surface area contributed by atoms with Gasteiger partial charge >= 0.3 is 6.03 Å². The van der Waals surface area contributed by atoms with Crippen molar-refractivity contribution >= 4 is 17.8 Å². The molecule has 0 radical (unpaired) electrons. The van der Waals surface area contributed by atoms with Crippen LogP contribution < -0.4 is 0 Å². The Morgan fingerprint density at radius 2 is 1.71 bits per heavy atom. The van der Waals surface area contributed by atoms with Crippen molar-refractivity contribution in [2.45, 2.75) is 64.3 Å². The van der Waals surface area contributed by atoms with Crippen LogP contribution in [0.1, 0.15) is 58.8 Å². The summed E-state index contributed by atoms with van der Waals surface area (Å²) < 4.78 is 0. The van der Waals surface area contributed by atoms with E-state index in [0.29, 0.717) is 32.5 Å². The van der Waals surface area contributed by atoms with Crippen LogP contribution in [0, 0.1) is 0 Å². The van der Waals surface area contributed by atoms with E-state index in [9.17, 15) is 9.59 Å². The number of aliphatic imine (C=N–C) groups is 1. The third kappa shape index (κ3) is 3.03. The number of rotatable bonds is 4. The molecule has 6 nitrogen and oxygen atoms in total. The van der Waals surface area contributed by atoms with Crippen LogP contribution in [0.25, 0.3) is 0 Å². The Morgan fingerprint density at radius 3 is 2.29 bits per heavy atom. The number of likely N-dealkylation sites (tertiary alicyclic amines) is 2. The van der Waals surface area contributed by atoms with Crippen LogP contribution in [-0.4, -0.2) is 70.7 Å². The lowest BCUT2D eigenvalue weighted by Crippen LogP contribution is -2.53. The van der Waals surface area contributed by atoms with Crippen LogP contribution in [0.3, 0.4) is 0 Å². The van der Waals surface area contributed by atoms with E-state index in [1.54, 1.807) is 0 Å². The largest absolute Gasteiger partial charge is 0.325 e. The number of urea groups is 1. The molecule has 0 atom stereocenters. The van der Waals surface area contributed by atoms with Crippen molar-refractivity contribution in [3.05, 3.63) is 0 Å². The predicted molar refractivity (Wildman–Crippen MR) is 94.1 cm³/mol. The average molecular weight is 334 g/mol. The van der Waals surface area contributed by atoms with E-state index in [-0.39, 0.29) is 11.9 Å². The topological polar surface area (TPSA) is 56.2 Å². The van der Waals surface area contributed by atoms with Crippen LogP contribution in [0.5, 0.6) is 0 Å². The molecule has 3 amide bonds. The highest BCUT2D eigenvalue weighted by Gasteiger charge is 2.49. The maximum absolute atomic E-state index is 12.9. The van der Waals surface area contributed by atoms with E-state index < -0.39 is 5.54 Å². The van der Waals surface area contributed by atoms with Gasteiger partial charge in [-0.3, -0.25) is 14.7 Å². The highest BCUT2D eigenvalue weighted by molar-refractivity contribution is 6.08. The van der Waals surface area contributed by atoms with Gasteiger partial charge < -0.3 is 9.80 Å². The quantitative estimate of drug-likeness (QED) is 0.793. The van der Waals surface area contributed by atoms with Crippen LogP contribution in [0.2, 0.25) is 0 Å². The number of amides is 3. The first-order valence-electron chi connectivity index (χ1n) is 9.56. The van der Waals surface area contributed by atoms with Gasteiger partial charge in [0.2, 0.25) is 0 Å². The van der Waals surface area contributed by atoms with Crippen molar-refractivity contribution in [1.82, 2.24) is 14.7 Å². The number of nitrogens with zero attached hydrogens (tertiary/aromatic N) is 4. The SMILES string of the molecule is CCCCC1=NC2(CCN(C(=O)N3CCCC3)CC2)C(=O)N1CC. The molecule has 0 aromatic rings. The van der Waals surface area contributed by atoms with E-state index in [4.69, 9.17) is 4.99 Å². The molecule has 6 heteroatoms. The number of likely N-dealkylation sites (N-methyl/N-ethyl adjacent to an activating group) is 1. The molecule has 0 saturated carbocycles. The minimum Gasteiger partial charge on any atom is -0.325 e. The Kier molecular flexibility index (Phi) is 5.11. The lowest BCUT2D eigenvalue weighted by Gasteiger charge is -2.37. The lowest BCUT2D eigenvalue weighted by molar-refractivity contribution is -0.132.